The summed E-state index contributed by atoms with van der Waals surface area (Å²) in [5.41, 5.74) is -0.263. The highest BCUT2D eigenvalue weighted by atomic mass is 79.9. The molecule has 8 heteroatoms. The van der Waals surface area contributed by atoms with Crippen LogP contribution in [-0.4, -0.2) is 20.5 Å². The van der Waals surface area contributed by atoms with Gasteiger partial charge in [-0.05, 0) is 44.0 Å². The van der Waals surface area contributed by atoms with Crippen molar-refractivity contribution in [2.45, 2.75) is 3.36 Å². The maximum absolute atomic E-state index is 13.5. The smallest absolute Gasteiger partial charge is 0.235 e. The van der Waals surface area contributed by atoms with Crippen molar-refractivity contribution in [3.05, 3.63) is 48.1 Å². The number of hydrogen-bond acceptors (Lipinski definition) is 3. The molecule has 0 aliphatic rings. The van der Waals surface area contributed by atoms with Gasteiger partial charge in [-0.25, -0.2) is 18.4 Å². The van der Waals surface area contributed by atoms with Crippen LogP contribution in [0.3, 0.4) is 0 Å². The molecule has 2 rings (SSSR count). The van der Waals surface area contributed by atoms with E-state index in [0.29, 0.717) is 6.07 Å². The van der Waals surface area contributed by atoms with Crippen LogP contribution in [-0.2, 0) is 3.36 Å². The maximum atomic E-state index is 13.5. The van der Waals surface area contributed by atoms with E-state index >= 15 is 0 Å². The summed E-state index contributed by atoms with van der Waals surface area (Å²) in [7, 11) is 0. The van der Waals surface area contributed by atoms with Crippen LogP contribution in [0.2, 0.25) is 0 Å². The van der Waals surface area contributed by atoms with Gasteiger partial charge in [-0.1, -0.05) is 0 Å². The Labute approximate surface area is 117 Å². The number of carbonyl (C=O) groups is 1. The van der Waals surface area contributed by atoms with Crippen LogP contribution in [0.25, 0.3) is 0 Å². The summed E-state index contributed by atoms with van der Waals surface area (Å²) in [6.45, 7) is 0. The fourth-order valence-corrected chi connectivity index (χ4v) is 2.09. The molecule has 0 saturated heterocycles. The number of nitrogens with zero attached hydrogens (tertiary/aromatic N) is 3. The maximum Gasteiger partial charge on any atom is 0.235 e. The molecule has 94 valence electrons. The summed E-state index contributed by atoms with van der Waals surface area (Å²) >= 11 is 6.18. The summed E-state index contributed by atoms with van der Waals surface area (Å²) in [6, 6.07) is 2.72. The highest BCUT2D eigenvalue weighted by molar-refractivity contribution is 9.25. The Morgan fingerprint density at radius 1 is 1.33 bits per heavy atom. The van der Waals surface area contributed by atoms with Gasteiger partial charge in [0, 0.05) is 6.07 Å². The first kappa shape index (κ1) is 13.3. The van der Waals surface area contributed by atoms with E-state index in [0.717, 1.165) is 16.8 Å². The van der Waals surface area contributed by atoms with Gasteiger partial charge in [0.1, 0.15) is 24.3 Å². The lowest BCUT2D eigenvalue weighted by Gasteiger charge is -2.19. The van der Waals surface area contributed by atoms with E-state index in [1.165, 1.54) is 12.7 Å². The molecule has 1 aromatic carbocycles. The van der Waals surface area contributed by atoms with Crippen molar-refractivity contribution in [1.82, 2.24) is 14.8 Å². The monoisotopic (exact) mass is 379 g/mol. The van der Waals surface area contributed by atoms with Crippen LogP contribution in [0.4, 0.5) is 8.78 Å². The van der Waals surface area contributed by atoms with E-state index in [1.54, 1.807) is 0 Å². The Bertz CT molecular complexity index is 587. The van der Waals surface area contributed by atoms with Crippen LogP contribution in [0.5, 0.6) is 0 Å². The number of Topliss-reactive ketones (excluding diaryl/α,β-unsaturated/α-hetero) is 1. The summed E-state index contributed by atoms with van der Waals surface area (Å²) in [4.78, 5) is 15.8. The number of ketones is 1. The largest absolute Gasteiger partial charge is 0.289 e. The minimum Gasteiger partial charge on any atom is -0.289 e. The molecule has 0 saturated carbocycles. The second kappa shape index (κ2) is 4.85. The Balaban J connectivity index is 2.42. The molecular formula is C10H5Br2F2N3O. The number of carbonyl (C=O) groups excluding carboxylic acids is 1. The number of alkyl halides is 2. The SMILES string of the molecule is O=C(c1ccc(F)cc1F)C(Br)(Br)n1cncn1. The first-order valence-corrected chi connectivity index (χ1v) is 6.24. The van der Waals surface area contributed by atoms with Gasteiger partial charge in [0.2, 0.25) is 9.14 Å². The van der Waals surface area contributed by atoms with Crippen LogP contribution < -0.4 is 0 Å². The molecule has 18 heavy (non-hydrogen) atoms. The first-order chi connectivity index (χ1) is 8.43. The quantitative estimate of drug-likeness (QED) is 0.607. The Kier molecular flexibility index (Phi) is 3.58. The lowest BCUT2D eigenvalue weighted by atomic mass is 10.1. The normalized spacial score (nSPS) is 11.6. The predicted molar refractivity (Wildman–Crippen MR) is 66.5 cm³/mol. The minimum atomic E-state index is -1.46. The van der Waals surface area contributed by atoms with Crippen molar-refractivity contribution in [3.63, 3.8) is 0 Å². The first-order valence-electron chi connectivity index (χ1n) is 4.65. The van der Waals surface area contributed by atoms with Gasteiger partial charge >= 0.3 is 0 Å². The fraction of sp³-hybridized carbons (Fsp3) is 0.100. The van der Waals surface area contributed by atoms with E-state index in [1.807, 2.05) is 0 Å². The lowest BCUT2D eigenvalue weighted by Crippen LogP contribution is -2.31. The van der Waals surface area contributed by atoms with Gasteiger partial charge in [-0.2, -0.15) is 5.10 Å². The molecule has 2 aromatic rings. The van der Waals surface area contributed by atoms with Crippen molar-refractivity contribution < 1.29 is 13.6 Å². The van der Waals surface area contributed by atoms with Crippen molar-refractivity contribution in [2.75, 3.05) is 0 Å². The Hall–Kier alpha value is -1.15. The van der Waals surface area contributed by atoms with Gasteiger partial charge in [-0.3, -0.25) is 4.79 Å². The number of hydrogen-bond donors (Lipinski definition) is 0. The van der Waals surface area contributed by atoms with Crippen molar-refractivity contribution in [3.8, 4) is 0 Å². The Morgan fingerprint density at radius 3 is 2.61 bits per heavy atom. The van der Waals surface area contributed by atoms with Crippen LogP contribution in [0.1, 0.15) is 10.4 Å². The summed E-state index contributed by atoms with van der Waals surface area (Å²) in [6.07, 6.45) is 2.51. The molecule has 1 heterocycles. The molecule has 0 spiro atoms. The third-order valence-corrected chi connectivity index (χ3v) is 3.60. The fourth-order valence-electron chi connectivity index (χ4n) is 1.29. The average molecular weight is 381 g/mol. The number of halogens is 4. The van der Waals surface area contributed by atoms with E-state index in [9.17, 15) is 13.6 Å². The molecule has 0 aliphatic carbocycles. The molecule has 0 radical (unpaired) electrons. The molecular weight excluding hydrogens is 376 g/mol. The molecule has 0 aliphatic heterocycles. The van der Waals surface area contributed by atoms with Crippen LogP contribution in [0.15, 0.2) is 30.9 Å². The standard InChI is InChI=1S/C10H5Br2F2N3O/c11-10(12,17-5-15-4-16-17)9(18)7-2-1-6(13)3-8(7)14/h1-5H. The minimum absolute atomic E-state index is 0.263. The predicted octanol–water partition coefficient (Wildman–Crippen LogP) is 2.84. The van der Waals surface area contributed by atoms with Gasteiger partial charge in [-0.15, -0.1) is 0 Å². The molecule has 0 bridgehead atoms. The van der Waals surface area contributed by atoms with Gasteiger partial charge in [0.05, 0.1) is 5.56 Å². The number of benzene rings is 1. The van der Waals surface area contributed by atoms with E-state index in [4.69, 9.17) is 0 Å². The molecule has 0 unspecified atom stereocenters. The van der Waals surface area contributed by atoms with E-state index in [2.05, 4.69) is 41.9 Å². The summed E-state index contributed by atoms with van der Waals surface area (Å²) < 4.78 is 26.0. The summed E-state index contributed by atoms with van der Waals surface area (Å²) in [5, 5.41) is 3.78. The van der Waals surface area contributed by atoms with Gasteiger partial charge in [0.25, 0.3) is 0 Å². The lowest BCUT2D eigenvalue weighted by molar-refractivity contribution is 0.0948. The Morgan fingerprint density at radius 2 is 2.06 bits per heavy atom. The third kappa shape index (κ3) is 2.35. The van der Waals surface area contributed by atoms with Crippen molar-refractivity contribution >= 4 is 37.6 Å². The van der Waals surface area contributed by atoms with Gasteiger partial charge in [0.15, 0.2) is 0 Å². The molecule has 0 amide bonds. The zero-order chi connectivity index (χ0) is 13.3. The third-order valence-electron chi connectivity index (χ3n) is 2.16. The molecule has 1 aromatic heterocycles. The molecule has 0 fully saturated rings. The van der Waals surface area contributed by atoms with E-state index in [-0.39, 0.29) is 5.56 Å². The second-order valence-electron chi connectivity index (χ2n) is 3.33. The van der Waals surface area contributed by atoms with Crippen LogP contribution in [0, 0.1) is 11.6 Å². The van der Waals surface area contributed by atoms with Crippen LogP contribution >= 0.6 is 31.9 Å². The average Bonchev–Trinajstić information content (AvgIpc) is 2.82. The van der Waals surface area contributed by atoms with Crippen molar-refractivity contribution in [1.29, 1.82) is 0 Å². The van der Waals surface area contributed by atoms with Crippen molar-refractivity contribution in [2.24, 2.45) is 0 Å². The molecule has 0 N–H and O–H groups in total. The topological polar surface area (TPSA) is 47.8 Å². The number of aromatic nitrogens is 3. The highest BCUT2D eigenvalue weighted by Gasteiger charge is 2.37. The zero-order valence-corrected chi connectivity index (χ0v) is 11.8. The molecule has 4 nitrogen and oxygen atoms in total. The van der Waals surface area contributed by atoms with E-state index < -0.39 is 20.8 Å². The van der Waals surface area contributed by atoms with Gasteiger partial charge < -0.3 is 0 Å². The highest BCUT2D eigenvalue weighted by Crippen LogP contribution is 2.35. The zero-order valence-electron chi connectivity index (χ0n) is 8.65. The second-order valence-corrected chi connectivity index (χ2v) is 6.69. The summed E-state index contributed by atoms with van der Waals surface area (Å²) in [5.74, 6) is -2.35. The molecule has 0 atom stereocenters. The number of rotatable bonds is 3.